The summed E-state index contributed by atoms with van der Waals surface area (Å²) in [6, 6.07) is 32.7. The van der Waals surface area contributed by atoms with Gasteiger partial charge < -0.3 is 44.8 Å². The average molecular weight is 879 g/mol. The summed E-state index contributed by atoms with van der Waals surface area (Å²) >= 11 is 0. The van der Waals surface area contributed by atoms with E-state index >= 15 is 0 Å². The molecule has 0 aliphatic carbocycles. The van der Waals surface area contributed by atoms with Crippen molar-refractivity contribution in [3.8, 4) is 44.5 Å². The van der Waals surface area contributed by atoms with Gasteiger partial charge in [0.15, 0.2) is 0 Å². The average Bonchev–Trinajstić information content (AvgIpc) is 4.10. The monoisotopic (exact) mass is 878 g/mol. The van der Waals surface area contributed by atoms with Crippen LogP contribution in [0.5, 0.6) is 0 Å². The van der Waals surface area contributed by atoms with E-state index in [0.29, 0.717) is 89.4 Å². The largest absolute Gasteiger partial charge is 3.00 e. The van der Waals surface area contributed by atoms with E-state index in [1.54, 1.807) is 48.5 Å². The number of aromatic nitrogens is 4. The van der Waals surface area contributed by atoms with Crippen molar-refractivity contribution in [2.24, 2.45) is 0 Å². The summed E-state index contributed by atoms with van der Waals surface area (Å²) in [5, 5.41) is 44.8. The van der Waals surface area contributed by atoms with E-state index in [1.807, 2.05) is 48.6 Å². The number of aromatic carboxylic acids is 4. The molecule has 0 atom stereocenters. The number of benzene rings is 4. The normalized spacial score (nSPS) is 11.4. The second-order valence-corrected chi connectivity index (χ2v) is 14.0. The Balaban J connectivity index is 0.00000289. The van der Waals surface area contributed by atoms with Gasteiger partial charge in [0.1, 0.15) is 0 Å². The second-order valence-electron chi connectivity index (χ2n) is 14.0. The molecule has 0 unspecified atom stereocenters. The third-order valence-electron chi connectivity index (χ3n) is 10.4. The minimum atomic E-state index is -1.33. The number of fused-ring (bicyclic) bond motifs is 8. The van der Waals surface area contributed by atoms with Gasteiger partial charge >= 0.3 is 23.0 Å². The first kappa shape index (κ1) is 42.3. The number of carboxylic acid groups (broad SMARTS) is 4. The number of halogens is 1. The molecule has 5 heterocycles. The Morgan fingerprint density at radius 1 is 0.387 bits per heavy atom. The summed E-state index contributed by atoms with van der Waals surface area (Å²) in [6.45, 7) is 0. The van der Waals surface area contributed by atoms with Gasteiger partial charge in [-0.1, -0.05) is 84.9 Å². The predicted molar refractivity (Wildman–Crippen MR) is 228 cm³/mol. The van der Waals surface area contributed by atoms with Crippen molar-refractivity contribution in [3.63, 3.8) is 0 Å². The number of rotatable bonds is 8. The first-order chi connectivity index (χ1) is 29.0. The molecule has 4 aromatic carbocycles. The first-order valence-electron chi connectivity index (χ1n) is 18.5. The molecule has 2 aliphatic heterocycles. The van der Waals surface area contributed by atoms with Crippen molar-refractivity contribution in [1.29, 1.82) is 0 Å². The van der Waals surface area contributed by atoms with Crippen molar-refractivity contribution in [2.45, 2.75) is 0 Å². The van der Waals surface area contributed by atoms with Crippen molar-refractivity contribution < 1.29 is 56.7 Å². The molecule has 14 heteroatoms. The zero-order valence-electron chi connectivity index (χ0n) is 31.8. The summed E-state index contributed by atoms with van der Waals surface area (Å²) < 4.78 is 0. The molecule has 3 aromatic heterocycles. The predicted octanol–water partition coefficient (Wildman–Crippen LogP) is 6.53. The molecule has 62 heavy (non-hydrogen) atoms. The fraction of sp³-hybridized carbons (Fsp3) is 0. The van der Waals surface area contributed by atoms with Crippen molar-refractivity contribution in [1.82, 2.24) is 19.9 Å². The molecular weight excluding hydrogens is 851 g/mol. The second kappa shape index (κ2) is 17.0. The van der Waals surface area contributed by atoms with Gasteiger partial charge in [0, 0.05) is 44.3 Å². The molecular formula is C48H28ClMnN4O8. The molecule has 0 radical (unpaired) electrons. The molecule has 0 saturated heterocycles. The Morgan fingerprint density at radius 3 is 0.952 bits per heavy atom. The first-order valence-corrected chi connectivity index (χ1v) is 18.5. The van der Waals surface area contributed by atoms with Crippen LogP contribution in [-0.4, -0.2) is 48.9 Å². The van der Waals surface area contributed by atoms with Crippen molar-refractivity contribution in [3.05, 3.63) is 166 Å². The molecule has 7 aromatic rings. The van der Waals surface area contributed by atoms with Gasteiger partial charge in [-0.25, -0.2) is 14.8 Å². The van der Waals surface area contributed by atoms with Crippen molar-refractivity contribution in [2.75, 3.05) is 0 Å². The smallest absolute Gasteiger partial charge is 0.545 e. The van der Waals surface area contributed by atoms with Gasteiger partial charge in [0.25, 0.3) is 0 Å². The number of carbonyl (C=O) groups is 4. The third-order valence-corrected chi connectivity index (χ3v) is 10.4. The van der Waals surface area contributed by atoms with Gasteiger partial charge in [0.05, 0.1) is 46.2 Å². The molecule has 0 fully saturated rings. The van der Waals surface area contributed by atoms with E-state index in [0.717, 1.165) is 0 Å². The van der Waals surface area contributed by atoms with Crippen LogP contribution in [0.25, 0.3) is 90.9 Å². The standard InChI is InChI=1S/C48H30N4O8.ClH.Mn/c53-45(54)29-9-1-25(2-10-29)41-33-17-19-35(49-33)42(26-3-11-30(12-4-26)46(55)56)37-21-23-39(51-37)44(28-7-15-32(16-8-28)48(59)60)40-24-22-38(52-40)43(36-20-18-34(41)50-36)27-5-13-31(14-6-27)47(57)58;;/h1-24,49-50H,(H,53,54)(H,55,56)(H,57,58)(H,59,60);1H;/q;;+3/p-3. The fourth-order valence-electron chi connectivity index (χ4n) is 7.52. The summed E-state index contributed by atoms with van der Waals surface area (Å²) in [6.07, 6.45) is 7.31. The topological polar surface area (TPSA) is 215 Å². The van der Waals surface area contributed by atoms with Crippen LogP contribution in [0.1, 0.15) is 64.2 Å². The molecule has 0 saturated carbocycles. The SMILES string of the molecule is Cl.O=C([O-])c1ccc(-c2c3nc(c(-c4ccc(C(=O)[O-])cc4)c4ccc([nH]4)c(-c4ccc(C(=O)O)cc4)c4ccc([nH]4)c(-c4ccc(C(=O)[O-])cc4)c4nc2C=C4)C=C3)cc1.[Mn+3]. The number of nitrogens with one attached hydrogen (secondary N) is 2. The summed E-state index contributed by atoms with van der Waals surface area (Å²) in [5.74, 6) is -5.04. The van der Waals surface area contributed by atoms with Crippen LogP contribution >= 0.6 is 12.4 Å². The quantitative estimate of drug-likeness (QED) is 0.140. The third kappa shape index (κ3) is 7.82. The van der Waals surface area contributed by atoms with Gasteiger partial charge in [0.2, 0.25) is 0 Å². The molecule has 8 bridgehead atoms. The summed E-state index contributed by atoms with van der Waals surface area (Å²) in [5.41, 5.74) is 9.86. The molecule has 302 valence electrons. The van der Waals surface area contributed by atoms with E-state index in [1.165, 1.54) is 48.5 Å². The number of aromatic amines is 2. The van der Waals surface area contributed by atoms with Crippen molar-refractivity contribution >= 4 is 82.7 Å². The van der Waals surface area contributed by atoms with E-state index in [-0.39, 0.29) is 51.7 Å². The van der Waals surface area contributed by atoms with Gasteiger partial charge in [-0.3, -0.25) is 0 Å². The van der Waals surface area contributed by atoms with E-state index in [4.69, 9.17) is 9.97 Å². The zero-order valence-corrected chi connectivity index (χ0v) is 33.8. The Morgan fingerprint density at radius 2 is 0.645 bits per heavy atom. The number of hydrogen-bond donors (Lipinski definition) is 3. The minimum absolute atomic E-state index is 0. The molecule has 3 N–H and O–H groups in total. The number of nitrogens with zero attached hydrogens (tertiary/aromatic N) is 2. The molecule has 0 spiro atoms. The van der Waals surface area contributed by atoms with Gasteiger partial charge in [-0.05, 0) is 99.6 Å². The Hall–Kier alpha value is -7.83. The maximum atomic E-state index is 11.8. The summed E-state index contributed by atoms with van der Waals surface area (Å²) in [7, 11) is 0. The number of hydrogen-bond acceptors (Lipinski definition) is 9. The fourth-order valence-corrected chi connectivity index (χ4v) is 7.52. The maximum absolute atomic E-state index is 11.8. The van der Waals surface area contributed by atoms with Crippen LogP contribution in [0.3, 0.4) is 0 Å². The Kier molecular flexibility index (Phi) is 11.6. The van der Waals surface area contributed by atoms with Crippen LogP contribution in [0.2, 0.25) is 0 Å². The number of carbonyl (C=O) groups excluding carboxylic acids is 3. The maximum Gasteiger partial charge on any atom is 3.00 e. The molecule has 2 aliphatic rings. The van der Waals surface area contributed by atoms with Crippen LogP contribution in [-0.2, 0) is 17.1 Å². The van der Waals surface area contributed by atoms with Crippen LogP contribution < -0.4 is 15.3 Å². The van der Waals surface area contributed by atoms with E-state index in [9.17, 15) is 39.6 Å². The van der Waals surface area contributed by atoms with Gasteiger partial charge in [-0.15, -0.1) is 12.4 Å². The van der Waals surface area contributed by atoms with Gasteiger partial charge in [-0.2, -0.15) is 0 Å². The summed E-state index contributed by atoms with van der Waals surface area (Å²) in [4.78, 5) is 64.3. The molecule has 0 amide bonds. The van der Waals surface area contributed by atoms with Crippen LogP contribution in [0, 0.1) is 0 Å². The number of carboxylic acids is 4. The minimum Gasteiger partial charge on any atom is -0.545 e. The zero-order chi connectivity index (χ0) is 41.7. The van der Waals surface area contributed by atoms with Crippen LogP contribution in [0.4, 0.5) is 0 Å². The molecule has 9 rings (SSSR count). The Labute approximate surface area is 368 Å². The van der Waals surface area contributed by atoms with E-state index in [2.05, 4.69) is 9.97 Å². The Bertz CT molecular complexity index is 3030. The van der Waals surface area contributed by atoms with E-state index < -0.39 is 23.9 Å². The van der Waals surface area contributed by atoms with Crippen LogP contribution in [0.15, 0.2) is 121 Å². The molecule has 12 nitrogen and oxygen atoms in total. The number of H-pyrrole nitrogens is 2.